The van der Waals surface area contributed by atoms with Gasteiger partial charge < -0.3 is 20.1 Å². The van der Waals surface area contributed by atoms with Crippen LogP contribution in [0.1, 0.15) is 49.5 Å². The third-order valence-corrected chi connectivity index (χ3v) is 5.38. The van der Waals surface area contributed by atoms with Gasteiger partial charge in [-0.15, -0.1) is 0 Å². The Labute approximate surface area is 185 Å². The second kappa shape index (κ2) is 11.4. The summed E-state index contributed by atoms with van der Waals surface area (Å²) in [6.07, 6.45) is 0. The Bertz CT molecular complexity index is 843. The van der Waals surface area contributed by atoms with Crippen LogP contribution in [-0.4, -0.2) is 38.6 Å². The molecule has 0 fully saturated rings. The molecule has 0 bridgehead atoms. The number of amides is 2. The van der Waals surface area contributed by atoms with Crippen LogP contribution in [-0.2, 0) is 4.79 Å². The predicted molar refractivity (Wildman–Crippen MR) is 123 cm³/mol. The molecule has 0 saturated carbocycles. The first-order valence-electron chi connectivity index (χ1n) is 10.6. The number of nitrogens with one attached hydrogen (secondary N) is 2. The highest BCUT2D eigenvalue weighted by Gasteiger charge is 2.26. The average molecular weight is 427 g/mol. The molecule has 0 spiro atoms. The standard InChI is InChI=1S/C25H34N2O4/c1-16(2)22(18-10-8-7-9-11-18)15-26-25(29)23(17(3)4)27-24(28)19-12-20(30-5)14-21(13-19)31-6/h7-14,16-17,22-23H,15H2,1-6H3,(H,26,29)(H,27,28). The number of ether oxygens (including phenoxy) is 2. The van der Waals surface area contributed by atoms with Gasteiger partial charge in [-0.05, 0) is 29.5 Å². The molecule has 2 rings (SSSR count). The van der Waals surface area contributed by atoms with Crippen molar-refractivity contribution < 1.29 is 19.1 Å². The molecule has 2 atom stereocenters. The minimum atomic E-state index is -0.659. The topological polar surface area (TPSA) is 76.7 Å². The lowest BCUT2D eigenvalue weighted by atomic mass is 9.88. The molecule has 2 unspecified atom stereocenters. The van der Waals surface area contributed by atoms with Gasteiger partial charge in [0.15, 0.2) is 0 Å². The van der Waals surface area contributed by atoms with Crippen LogP contribution in [0.4, 0.5) is 0 Å². The SMILES string of the molecule is COc1cc(OC)cc(C(=O)NC(C(=O)NCC(c2ccccc2)C(C)C)C(C)C)c1. The van der Waals surface area contributed by atoms with Gasteiger partial charge >= 0.3 is 0 Å². The van der Waals surface area contributed by atoms with Crippen molar-refractivity contribution in [2.45, 2.75) is 39.7 Å². The van der Waals surface area contributed by atoms with Gasteiger partial charge in [0.1, 0.15) is 17.5 Å². The molecular weight excluding hydrogens is 392 g/mol. The van der Waals surface area contributed by atoms with Gasteiger partial charge in [-0.3, -0.25) is 9.59 Å². The molecular formula is C25H34N2O4. The number of methoxy groups -OCH3 is 2. The van der Waals surface area contributed by atoms with Gasteiger partial charge in [-0.1, -0.05) is 58.0 Å². The lowest BCUT2D eigenvalue weighted by Crippen LogP contribution is -2.50. The minimum Gasteiger partial charge on any atom is -0.497 e. The van der Waals surface area contributed by atoms with E-state index in [1.807, 2.05) is 32.0 Å². The molecule has 0 saturated heterocycles. The van der Waals surface area contributed by atoms with Gasteiger partial charge in [0.05, 0.1) is 14.2 Å². The molecule has 0 heterocycles. The summed E-state index contributed by atoms with van der Waals surface area (Å²) in [7, 11) is 3.05. The van der Waals surface area contributed by atoms with Crippen molar-refractivity contribution in [2.75, 3.05) is 20.8 Å². The van der Waals surface area contributed by atoms with E-state index in [-0.39, 0.29) is 23.7 Å². The lowest BCUT2D eigenvalue weighted by molar-refractivity contribution is -0.124. The molecule has 0 aliphatic heterocycles. The van der Waals surface area contributed by atoms with Gasteiger partial charge in [0.2, 0.25) is 5.91 Å². The molecule has 0 aliphatic carbocycles. The molecule has 0 aromatic heterocycles. The van der Waals surface area contributed by atoms with Gasteiger partial charge in [-0.25, -0.2) is 0 Å². The number of hydrogen-bond donors (Lipinski definition) is 2. The molecule has 2 aromatic carbocycles. The zero-order valence-electron chi connectivity index (χ0n) is 19.3. The first-order valence-corrected chi connectivity index (χ1v) is 10.6. The van der Waals surface area contributed by atoms with Crippen LogP contribution in [0.3, 0.4) is 0 Å². The summed E-state index contributed by atoms with van der Waals surface area (Å²) in [6, 6.07) is 14.4. The largest absolute Gasteiger partial charge is 0.497 e. The van der Waals surface area contributed by atoms with E-state index in [9.17, 15) is 9.59 Å². The second-order valence-electron chi connectivity index (χ2n) is 8.30. The highest BCUT2D eigenvalue weighted by atomic mass is 16.5. The summed E-state index contributed by atoms with van der Waals surface area (Å²) < 4.78 is 10.5. The summed E-state index contributed by atoms with van der Waals surface area (Å²) in [5, 5.41) is 5.91. The van der Waals surface area contributed by atoms with Crippen molar-refractivity contribution in [1.82, 2.24) is 10.6 Å². The van der Waals surface area contributed by atoms with Crippen molar-refractivity contribution in [3.63, 3.8) is 0 Å². The monoisotopic (exact) mass is 426 g/mol. The number of carbonyl (C=O) groups is 2. The smallest absolute Gasteiger partial charge is 0.252 e. The van der Waals surface area contributed by atoms with E-state index in [1.54, 1.807) is 18.2 Å². The highest BCUT2D eigenvalue weighted by Crippen LogP contribution is 2.24. The van der Waals surface area contributed by atoms with Crippen molar-refractivity contribution in [3.05, 3.63) is 59.7 Å². The zero-order chi connectivity index (χ0) is 23.0. The van der Waals surface area contributed by atoms with Crippen molar-refractivity contribution in [1.29, 1.82) is 0 Å². The molecule has 168 valence electrons. The Balaban J connectivity index is 2.11. The molecule has 2 aromatic rings. The van der Waals surface area contributed by atoms with E-state index < -0.39 is 6.04 Å². The predicted octanol–water partition coefficient (Wildman–Crippen LogP) is 4.01. The van der Waals surface area contributed by atoms with Gasteiger partial charge in [0.25, 0.3) is 5.91 Å². The van der Waals surface area contributed by atoms with Crippen LogP contribution >= 0.6 is 0 Å². The molecule has 2 amide bonds. The Morgan fingerprint density at radius 3 is 1.94 bits per heavy atom. The van der Waals surface area contributed by atoms with Gasteiger partial charge in [0, 0.05) is 24.1 Å². The fraction of sp³-hybridized carbons (Fsp3) is 0.440. The fourth-order valence-corrected chi connectivity index (χ4v) is 3.46. The van der Waals surface area contributed by atoms with E-state index in [2.05, 4.69) is 36.6 Å². The van der Waals surface area contributed by atoms with E-state index >= 15 is 0 Å². The van der Waals surface area contributed by atoms with E-state index in [0.717, 1.165) is 0 Å². The van der Waals surface area contributed by atoms with Crippen LogP contribution in [0.2, 0.25) is 0 Å². The molecule has 31 heavy (non-hydrogen) atoms. The first kappa shape index (κ1) is 24.3. The van der Waals surface area contributed by atoms with E-state index in [1.165, 1.54) is 19.8 Å². The quantitative estimate of drug-likeness (QED) is 0.602. The van der Waals surface area contributed by atoms with E-state index in [4.69, 9.17) is 9.47 Å². The summed E-state index contributed by atoms with van der Waals surface area (Å²) in [6.45, 7) is 8.61. The number of carbonyl (C=O) groups excluding carboxylic acids is 2. The normalized spacial score (nSPS) is 12.9. The van der Waals surface area contributed by atoms with Crippen LogP contribution in [0, 0.1) is 11.8 Å². The first-order chi connectivity index (χ1) is 14.8. The summed E-state index contributed by atoms with van der Waals surface area (Å²) in [5.74, 6) is 0.950. The van der Waals surface area contributed by atoms with Crippen LogP contribution < -0.4 is 20.1 Å². The Morgan fingerprint density at radius 1 is 0.871 bits per heavy atom. The molecule has 0 radical (unpaired) electrons. The van der Waals surface area contributed by atoms with Crippen LogP contribution in [0.25, 0.3) is 0 Å². The molecule has 2 N–H and O–H groups in total. The highest BCUT2D eigenvalue weighted by molar-refractivity contribution is 5.98. The number of rotatable bonds is 10. The van der Waals surface area contributed by atoms with Crippen molar-refractivity contribution in [2.24, 2.45) is 11.8 Å². The maximum Gasteiger partial charge on any atom is 0.252 e. The Morgan fingerprint density at radius 2 is 1.45 bits per heavy atom. The van der Waals surface area contributed by atoms with Crippen molar-refractivity contribution in [3.8, 4) is 11.5 Å². The van der Waals surface area contributed by atoms with Crippen LogP contribution in [0.15, 0.2) is 48.5 Å². The van der Waals surface area contributed by atoms with E-state index in [0.29, 0.717) is 29.5 Å². The average Bonchev–Trinajstić information content (AvgIpc) is 2.77. The fourth-order valence-electron chi connectivity index (χ4n) is 3.46. The van der Waals surface area contributed by atoms with Gasteiger partial charge in [-0.2, -0.15) is 0 Å². The minimum absolute atomic E-state index is 0.0781. The number of benzene rings is 2. The zero-order valence-corrected chi connectivity index (χ0v) is 19.3. The molecule has 0 aliphatic rings. The lowest BCUT2D eigenvalue weighted by Gasteiger charge is -2.26. The second-order valence-corrected chi connectivity index (χ2v) is 8.30. The molecule has 6 nitrogen and oxygen atoms in total. The van der Waals surface area contributed by atoms with Crippen molar-refractivity contribution >= 4 is 11.8 Å². The summed E-state index contributed by atoms with van der Waals surface area (Å²) in [5.41, 5.74) is 1.56. The Kier molecular flexibility index (Phi) is 8.91. The summed E-state index contributed by atoms with van der Waals surface area (Å²) >= 11 is 0. The Hall–Kier alpha value is -3.02. The van der Waals surface area contributed by atoms with Crippen LogP contribution in [0.5, 0.6) is 11.5 Å². The maximum absolute atomic E-state index is 13.0. The maximum atomic E-state index is 13.0. The summed E-state index contributed by atoms with van der Waals surface area (Å²) in [4.78, 5) is 25.8. The third kappa shape index (κ3) is 6.74. The molecule has 6 heteroatoms. The third-order valence-electron chi connectivity index (χ3n) is 5.38. The number of hydrogen-bond acceptors (Lipinski definition) is 4.